The van der Waals surface area contributed by atoms with E-state index >= 15 is 0 Å². The molecule has 0 saturated carbocycles. The molecule has 0 aliphatic heterocycles. The van der Waals surface area contributed by atoms with E-state index in [9.17, 15) is 4.79 Å². The first-order valence-corrected chi connectivity index (χ1v) is 5.81. The highest BCUT2D eigenvalue weighted by molar-refractivity contribution is 5.81. The van der Waals surface area contributed by atoms with E-state index in [-0.39, 0.29) is 11.9 Å². The van der Waals surface area contributed by atoms with Crippen molar-refractivity contribution in [2.45, 2.75) is 52.6 Å². The maximum atomic E-state index is 11.7. The number of terminal acetylenes is 1. The second-order valence-corrected chi connectivity index (χ2v) is 5.11. The molecule has 0 spiro atoms. The number of hydrogen-bond acceptors (Lipinski definition) is 2. The molecule has 0 bridgehead atoms. The molecule has 2 N–H and O–H groups in total. The molecule has 3 nitrogen and oxygen atoms in total. The Balaban J connectivity index is 3.97. The molecule has 0 saturated heterocycles. The molecule has 16 heavy (non-hydrogen) atoms. The minimum absolute atomic E-state index is 0.00368. The van der Waals surface area contributed by atoms with Crippen molar-refractivity contribution in [3.63, 3.8) is 0 Å². The molecule has 0 radical (unpaired) electrons. The van der Waals surface area contributed by atoms with Crippen LogP contribution in [0.4, 0.5) is 0 Å². The molecular formula is C13H24N2O. The molecule has 0 aliphatic carbocycles. The van der Waals surface area contributed by atoms with E-state index in [2.05, 4.69) is 30.4 Å². The van der Waals surface area contributed by atoms with Crippen molar-refractivity contribution in [1.29, 1.82) is 0 Å². The van der Waals surface area contributed by atoms with Crippen LogP contribution < -0.4 is 10.6 Å². The zero-order valence-corrected chi connectivity index (χ0v) is 11.1. The first-order chi connectivity index (χ1) is 7.28. The van der Waals surface area contributed by atoms with Gasteiger partial charge in [0.1, 0.15) is 0 Å². The number of rotatable bonds is 6. The van der Waals surface area contributed by atoms with Crippen LogP contribution in [-0.4, -0.2) is 24.0 Å². The number of nitrogens with one attached hydrogen (secondary N) is 2. The second-order valence-electron chi connectivity index (χ2n) is 5.11. The van der Waals surface area contributed by atoms with Gasteiger partial charge in [0.05, 0.1) is 11.6 Å². The van der Waals surface area contributed by atoms with Gasteiger partial charge in [-0.05, 0) is 33.1 Å². The van der Waals surface area contributed by atoms with E-state index in [1.807, 2.05) is 20.8 Å². The summed E-state index contributed by atoms with van der Waals surface area (Å²) in [4.78, 5) is 11.7. The van der Waals surface area contributed by atoms with Crippen LogP contribution in [0.2, 0.25) is 0 Å². The van der Waals surface area contributed by atoms with E-state index < -0.39 is 5.54 Å². The summed E-state index contributed by atoms with van der Waals surface area (Å²) in [6, 6.07) is -0.266. The molecule has 0 fully saturated rings. The average Bonchev–Trinajstić information content (AvgIpc) is 2.16. The molecule has 0 rings (SSSR count). The van der Waals surface area contributed by atoms with E-state index in [0.717, 1.165) is 13.0 Å². The fraction of sp³-hybridized carbons (Fsp3) is 0.769. The standard InChI is InChI=1S/C13H24N2O/c1-7-13(5,6)15-11(4)12(16)14-9-8-10(2)3/h1,10-11,15H,8-9H2,2-6H3,(H,14,16). The molecule has 0 heterocycles. The lowest BCUT2D eigenvalue weighted by molar-refractivity contribution is -0.123. The largest absolute Gasteiger partial charge is 0.355 e. The lowest BCUT2D eigenvalue weighted by atomic mass is 10.1. The summed E-state index contributed by atoms with van der Waals surface area (Å²) in [6.45, 7) is 10.6. The van der Waals surface area contributed by atoms with Crippen molar-refractivity contribution in [3.05, 3.63) is 0 Å². The molecule has 1 atom stereocenters. The Morgan fingerprint density at radius 1 is 1.38 bits per heavy atom. The third kappa shape index (κ3) is 6.47. The number of hydrogen-bond donors (Lipinski definition) is 2. The van der Waals surface area contributed by atoms with Gasteiger partial charge in [-0.15, -0.1) is 6.42 Å². The van der Waals surface area contributed by atoms with Crippen molar-refractivity contribution in [2.24, 2.45) is 5.92 Å². The molecular weight excluding hydrogens is 200 g/mol. The van der Waals surface area contributed by atoms with Crippen molar-refractivity contribution in [3.8, 4) is 12.3 Å². The van der Waals surface area contributed by atoms with Crippen LogP contribution in [-0.2, 0) is 4.79 Å². The van der Waals surface area contributed by atoms with Gasteiger partial charge < -0.3 is 5.32 Å². The summed E-state index contributed by atoms with van der Waals surface area (Å²) in [5, 5.41) is 5.99. The predicted molar refractivity (Wildman–Crippen MR) is 68.0 cm³/mol. The fourth-order valence-electron chi connectivity index (χ4n) is 1.29. The van der Waals surface area contributed by atoms with E-state index in [1.54, 1.807) is 0 Å². The predicted octanol–water partition coefficient (Wildman–Crippen LogP) is 1.54. The van der Waals surface area contributed by atoms with Crippen molar-refractivity contribution >= 4 is 5.91 Å². The zero-order chi connectivity index (χ0) is 12.8. The zero-order valence-electron chi connectivity index (χ0n) is 11.1. The van der Waals surface area contributed by atoms with Crippen molar-refractivity contribution in [1.82, 2.24) is 10.6 Å². The van der Waals surface area contributed by atoms with Crippen LogP contribution in [0, 0.1) is 18.3 Å². The van der Waals surface area contributed by atoms with Gasteiger partial charge >= 0.3 is 0 Å². The Kier molecular flexibility index (Phi) is 6.13. The monoisotopic (exact) mass is 224 g/mol. The van der Waals surface area contributed by atoms with E-state index in [1.165, 1.54) is 0 Å². The molecule has 1 unspecified atom stereocenters. The molecule has 0 aromatic carbocycles. The highest BCUT2D eigenvalue weighted by atomic mass is 16.2. The van der Waals surface area contributed by atoms with Gasteiger partial charge in [-0.1, -0.05) is 19.8 Å². The average molecular weight is 224 g/mol. The van der Waals surface area contributed by atoms with Gasteiger partial charge in [0.15, 0.2) is 0 Å². The Bertz CT molecular complexity index is 264. The van der Waals surface area contributed by atoms with Crippen LogP contribution in [0.3, 0.4) is 0 Å². The van der Waals surface area contributed by atoms with Gasteiger partial charge in [0.2, 0.25) is 5.91 Å². The quantitative estimate of drug-likeness (QED) is 0.672. The van der Waals surface area contributed by atoms with Crippen LogP contribution >= 0.6 is 0 Å². The highest BCUT2D eigenvalue weighted by Gasteiger charge is 2.21. The van der Waals surface area contributed by atoms with Gasteiger partial charge in [-0.25, -0.2) is 0 Å². The maximum absolute atomic E-state index is 11.7. The molecule has 0 aliphatic rings. The second kappa shape index (κ2) is 6.55. The smallest absolute Gasteiger partial charge is 0.236 e. The summed E-state index contributed by atoms with van der Waals surface area (Å²) >= 11 is 0. The highest BCUT2D eigenvalue weighted by Crippen LogP contribution is 2.01. The minimum atomic E-state index is -0.450. The molecule has 0 aromatic rings. The lowest BCUT2D eigenvalue weighted by Crippen LogP contribution is -2.51. The topological polar surface area (TPSA) is 41.1 Å². The summed E-state index contributed by atoms with van der Waals surface area (Å²) in [6.07, 6.45) is 6.35. The number of amides is 1. The van der Waals surface area contributed by atoms with Crippen LogP contribution in [0.25, 0.3) is 0 Å². The molecule has 1 amide bonds. The first kappa shape index (κ1) is 15.0. The Hall–Kier alpha value is -1.01. The summed E-state index contributed by atoms with van der Waals surface area (Å²) < 4.78 is 0. The number of carbonyl (C=O) groups excluding carboxylic acids is 1. The third-order valence-electron chi connectivity index (χ3n) is 2.35. The SMILES string of the molecule is C#CC(C)(C)NC(C)C(=O)NCCC(C)C. The third-order valence-corrected chi connectivity index (χ3v) is 2.35. The summed E-state index contributed by atoms with van der Waals surface area (Å²) in [7, 11) is 0. The van der Waals surface area contributed by atoms with Crippen molar-refractivity contribution < 1.29 is 4.79 Å². The van der Waals surface area contributed by atoms with Crippen LogP contribution in [0.1, 0.15) is 41.0 Å². The molecule has 3 heteroatoms. The van der Waals surface area contributed by atoms with Crippen LogP contribution in [0.15, 0.2) is 0 Å². The molecule has 92 valence electrons. The molecule has 0 aromatic heterocycles. The van der Waals surface area contributed by atoms with Crippen molar-refractivity contribution in [2.75, 3.05) is 6.54 Å². The van der Waals surface area contributed by atoms with Gasteiger partial charge in [-0.3, -0.25) is 10.1 Å². The summed E-state index contributed by atoms with van der Waals surface area (Å²) in [5.74, 6) is 3.22. The summed E-state index contributed by atoms with van der Waals surface area (Å²) in [5.41, 5.74) is -0.450. The first-order valence-electron chi connectivity index (χ1n) is 5.81. The van der Waals surface area contributed by atoms with Gasteiger partial charge in [0.25, 0.3) is 0 Å². The van der Waals surface area contributed by atoms with E-state index in [4.69, 9.17) is 6.42 Å². The number of carbonyl (C=O) groups is 1. The van der Waals surface area contributed by atoms with Crippen LogP contribution in [0.5, 0.6) is 0 Å². The lowest BCUT2D eigenvalue weighted by Gasteiger charge is -2.24. The fourth-order valence-corrected chi connectivity index (χ4v) is 1.29. The Morgan fingerprint density at radius 2 is 1.94 bits per heavy atom. The minimum Gasteiger partial charge on any atom is -0.355 e. The Labute approximate surface area is 99.4 Å². The normalized spacial score (nSPS) is 13.3. The van der Waals surface area contributed by atoms with Gasteiger partial charge in [-0.2, -0.15) is 0 Å². The van der Waals surface area contributed by atoms with E-state index in [0.29, 0.717) is 5.92 Å². The van der Waals surface area contributed by atoms with Gasteiger partial charge in [0, 0.05) is 6.54 Å². The Morgan fingerprint density at radius 3 is 2.38 bits per heavy atom. The maximum Gasteiger partial charge on any atom is 0.236 e.